The molecule has 5 aromatic rings. The molecule has 2 aromatic carbocycles. The zero-order valence-corrected chi connectivity index (χ0v) is 17.6. The summed E-state index contributed by atoms with van der Waals surface area (Å²) in [6.07, 6.45) is 5.16. The van der Waals surface area contributed by atoms with E-state index in [-0.39, 0.29) is 12.5 Å². The fourth-order valence-electron chi connectivity index (χ4n) is 3.44. The van der Waals surface area contributed by atoms with Crippen molar-refractivity contribution in [3.63, 3.8) is 0 Å². The molecular weight excluding hydrogens is 422 g/mol. The molecule has 0 spiro atoms. The van der Waals surface area contributed by atoms with Crippen LogP contribution in [0, 0.1) is 6.92 Å². The highest BCUT2D eigenvalue weighted by atomic mass is 16.4. The average Bonchev–Trinajstić information content (AvgIpc) is 3.44. The van der Waals surface area contributed by atoms with Crippen LogP contribution in [-0.4, -0.2) is 30.0 Å². The van der Waals surface area contributed by atoms with Crippen molar-refractivity contribution in [2.75, 3.05) is 10.6 Å². The number of aryl methyl sites for hydroxylation is 1. The van der Waals surface area contributed by atoms with Crippen LogP contribution in [0.15, 0.2) is 82.5 Å². The normalized spacial score (nSPS) is 10.9. The maximum Gasteiger partial charge on any atom is 0.420 e. The average molecular weight is 441 g/mol. The van der Waals surface area contributed by atoms with Gasteiger partial charge in [-0.3, -0.25) is 13.9 Å². The zero-order chi connectivity index (χ0) is 22.8. The van der Waals surface area contributed by atoms with Crippen LogP contribution in [-0.2, 0) is 11.3 Å². The van der Waals surface area contributed by atoms with Crippen molar-refractivity contribution in [3.05, 3.63) is 89.7 Å². The fraction of sp³-hybridized carbons (Fsp3) is 0.0870. The first-order valence-electron chi connectivity index (χ1n) is 10.1. The molecule has 164 valence electrons. The van der Waals surface area contributed by atoms with E-state index in [2.05, 4.69) is 25.6 Å². The number of benzene rings is 2. The predicted molar refractivity (Wildman–Crippen MR) is 123 cm³/mol. The number of amides is 1. The number of aromatic nitrogens is 5. The highest BCUT2D eigenvalue weighted by Gasteiger charge is 2.12. The first kappa shape index (κ1) is 20.2. The molecule has 0 saturated heterocycles. The Labute approximate surface area is 187 Å². The number of anilines is 3. The third-order valence-electron chi connectivity index (χ3n) is 4.91. The van der Waals surface area contributed by atoms with E-state index in [4.69, 9.17) is 4.42 Å². The number of hydrogen-bond acceptors (Lipinski definition) is 7. The molecular formula is C23H19N7O3. The Balaban J connectivity index is 1.27. The van der Waals surface area contributed by atoms with Gasteiger partial charge in [0.2, 0.25) is 5.91 Å². The molecule has 0 unspecified atom stereocenters. The number of nitrogens with one attached hydrogen (secondary N) is 2. The lowest BCUT2D eigenvalue weighted by atomic mass is 10.2. The summed E-state index contributed by atoms with van der Waals surface area (Å²) in [4.78, 5) is 37.4. The Morgan fingerprint density at radius 2 is 1.85 bits per heavy atom. The van der Waals surface area contributed by atoms with Gasteiger partial charge < -0.3 is 15.1 Å². The first-order valence-corrected chi connectivity index (χ1v) is 10.1. The number of nitrogens with zero attached hydrogens (tertiary/aromatic N) is 5. The van der Waals surface area contributed by atoms with Gasteiger partial charge in [-0.05, 0) is 43.3 Å². The van der Waals surface area contributed by atoms with Gasteiger partial charge in [-0.25, -0.2) is 19.7 Å². The molecule has 0 bridgehead atoms. The summed E-state index contributed by atoms with van der Waals surface area (Å²) in [6, 6.07) is 16.0. The molecule has 0 saturated carbocycles. The van der Waals surface area contributed by atoms with Crippen molar-refractivity contribution in [2.45, 2.75) is 13.5 Å². The van der Waals surface area contributed by atoms with Crippen LogP contribution in [0.25, 0.3) is 16.9 Å². The van der Waals surface area contributed by atoms with Gasteiger partial charge in [0.05, 0.1) is 5.52 Å². The predicted octanol–water partition coefficient (Wildman–Crippen LogP) is 3.26. The number of imidazole rings is 1. The molecule has 0 aliphatic heterocycles. The smallest absolute Gasteiger partial charge is 0.408 e. The maximum atomic E-state index is 12.5. The van der Waals surface area contributed by atoms with E-state index in [1.54, 1.807) is 53.5 Å². The van der Waals surface area contributed by atoms with Gasteiger partial charge in [-0.2, -0.15) is 0 Å². The Morgan fingerprint density at radius 1 is 1.06 bits per heavy atom. The summed E-state index contributed by atoms with van der Waals surface area (Å²) < 4.78 is 8.27. The van der Waals surface area contributed by atoms with Gasteiger partial charge in [0.1, 0.15) is 30.3 Å². The van der Waals surface area contributed by atoms with Crippen LogP contribution in [0.3, 0.4) is 0 Å². The Kier molecular flexibility index (Phi) is 5.15. The molecule has 0 atom stereocenters. The summed E-state index contributed by atoms with van der Waals surface area (Å²) in [7, 11) is 0. The number of carbonyl (C=O) groups is 1. The van der Waals surface area contributed by atoms with E-state index in [0.29, 0.717) is 34.2 Å². The van der Waals surface area contributed by atoms with Gasteiger partial charge >= 0.3 is 5.76 Å². The zero-order valence-electron chi connectivity index (χ0n) is 17.6. The van der Waals surface area contributed by atoms with Gasteiger partial charge in [-0.1, -0.05) is 12.1 Å². The highest BCUT2D eigenvalue weighted by molar-refractivity contribution is 5.91. The third-order valence-corrected chi connectivity index (χ3v) is 4.91. The Morgan fingerprint density at radius 3 is 2.64 bits per heavy atom. The number of rotatable bonds is 6. The van der Waals surface area contributed by atoms with Gasteiger partial charge in [0.25, 0.3) is 0 Å². The van der Waals surface area contributed by atoms with Crippen molar-refractivity contribution < 1.29 is 9.21 Å². The lowest BCUT2D eigenvalue weighted by Crippen LogP contribution is -2.24. The molecule has 0 radical (unpaired) electrons. The molecule has 33 heavy (non-hydrogen) atoms. The number of hydrogen-bond donors (Lipinski definition) is 2. The Hall–Kier alpha value is -4.73. The molecule has 10 nitrogen and oxygen atoms in total. The van der Waals surface area contributed by atoms with Crippen LogP contribution in [0.5, 0.6) is 0 Å². The summed E-state index contributed by atoms with van der Waals surface area (Å²) in [5.74, 6) is 1.05. The van der Waals surface area contributed by atoms with E-state index in [1.807, 2.05) is 31.3 Å². The molecule has 0 aliphatic carbocycles. The molecule has 0 aliphatic rings. The second kappa shape index (κ2) is 8.42. The molecule has 2 N–H and O–H groups in total. The second-order valence-electron chi connectivity index (χ2n) is 7.30. The SMILES string of the molecule is Cc1nc(Nc2ccc(NC(=O)Cn3c(=O)oc4ccccc43)cc2)cc(-n2ccnc2)n1. The summed E-state index contributed by atoms with van der Waals surface area (Å²) in [6.45, 7) is 1.67. The second-order valence-corrected chi connectivity index (χ2v) is 7.30. The standard InChI is InChI=1S/C23H19N7O3/c1-15-25-20(12-21(26-15)29-11-10-24-14-29)27-16-6-8-17(9-7-16)28-22(31)13-30-18-4-2-3-5-19(18)33-23(30)32/h2-12,14H,13H2,1H3,(H,28,31)(H,25,26,27). The highest BCUT2D eigenvalue weighted by Crippen LogP contribution is 2.20. The molecule has 10 heteroatoms. The number of para-hydroxylation sites is 2. The van der Waals surface area contributed by atoms with Crippen LogP contribution in [0.1, 0.15) is 5.82 Å². The number of fused-ring (bicyclic) bond motifs is 1. The molecule has 0 fully saturated rings. The van der Waals surface area contributed by atoms with E-state index in [9.17, 15) is 9.59 Å². The van der Waals surface area contributed by atoms with E-state index < -0.39 is 5.76 Å². The first-order chi connectivity index (χ1) is 16.0. The summed E-state index contributed by atoms with van der Waals surface area (Å²) in [5.41, 5.74) is 2.42. The van der Waals surface area contributed by atoms with E-state index in [0.717, 1.165) is 5.69 Å². The molecule has 3 heterocycles. The van der Waals surface area contributed by atoms with Crippen LogP contribution >= 0.6 is 0 Å². The lowest BCUT2D eigenvalue weighted by Gasteiger charge is -2.10. The van der Waals surface area contributed by atoms with Gasteiger partial charge in [0.15, 0.2) is 5.58 Å². The minimum atomic E-state index is -0.568. The fourth-order valence-corrected chi connectivity index (χ4v) is 3.44. The van der Waals surface area contributed by atoms with Crippen molar-refractivity contribution in [1.82, 2.24) is 24.1 Å². The topological polar surface area (TPSA) is 120 Å². The minimum Gasteiger partial charge on any atom is -0.408 e. The molecule has 5 rings (SSSR count). The van der Waals surface area contributed by atoms with Gasteiger partial charge in [0, 0.05) is 29.8 Å². The Bertz CT molecular complexity index is 1490. The third kappa shape index (κ3) is 4.35. The molecule has 1 amide bonds. The van der Waals surface area contributed by atoms with E-state index in [1.165, 1.54) is 4.57 Å². The van der Waals surface area contributed by atoms with Crippen molar-refractivity contribution in [1.29, 1.82) is 0 Å². The molecule has 3 aromatic heterocycles. The van der Waals surface area contributed by atoms with E-state index >= 15 is 0 Å². The van der Waals surface area contributed by atoms with Crippen LogP contribution in [0.2, 0.25) is 0 Å². The minimum absolute atomic E-state index is 0.146. The quantitative estimate of drug-likeness (QED) is 0.415. The lowest BCUT2D eigenvalue weighted by molar-refractivity contribution is -0.116. The largest absolute Gasteiger partial charge is 0.420 e. The van der Waals surface area contributed by atoms with Gasteiger partial charge in [-0.15, -0.1) is 0 Å². The number of carbonyl (C=O) groups excluding carboxylic acids is 1. The van der Waals surface area contributed by atoms with Crippen molar-refractivity contribution in [2.24, 2.45) is 0 Å². The summed E-state index contributed by atoms with van der Waals surface area (Å²) >= 11 is 0. The van der Waals surface area contributed by atoms with Crippen molar-refractivity contribution >= 4 is 34.2 Å². The monoisotopic (exact) mass is 441 g/mol. The van der Waals surface area contributed by atoms with Crippen LogP contribution in [0.4, 0.5) is 17.2 Å². The van der Waals surface area contributed by atoms with Crippen molar-refractivity contribution in [3.8, 4) is 5.82 Å². The summed E-state index contributed by atoms with van der Waals surface area (Å²) in [5, 5.41) is 6.03. The van der Waals surface area contributed by atoms with Crippen LogP contribution < -0.4 is 16.4 Å². The maximum absolute atomic E-state index is 12.5. The number of oxazole rings is 1.